The highest BCUT2D eigenvalue weighted by atomic mass is 35.5. The molecule has 3 rings (SSSR count). The standard InChI is InChI=1S/C21H22FNO.ClH/c1-16(11-12-17-7-3-2-4-8-17)23-15-18-13-14-21(24-18)19-9-5-6-10-20(19)22;/h2-10,13-14,16,23H,11-12,15H2,1H3;1H. The SMILES string of the molecule is CC(CCc1ccccc1)NCc1ccc(-c2ccccc2F)o1.Cl. The molecule has 2 aromatic carbocycles. The first kappa shape index (κ1) is 19.2. The Morgan fingerprint density at radius 3 is 2.44 bits per heavy atom. The van der Waals surface area contributed by atoms with E-state index in [-0.39, 0.29) is 18.2 Å². The summed E-state index contributed by atoms with van der Waals surface area (Å²) in [6, 6.07) is 21.3. The van der Waals surface area contributed by atoms with Crippen molar-refractivity contribution in [1.82, 2.24) is 5.32 Å². The second-order valence-corrected chi connectivity index (χ2v) is 6.05. The minimum absolute atomic E-state index is 0. The van der Waals surface area contributed by atoms with E-state index in [9.17, 15) is 4.39 Å². The van der Waals surface area contributed by atoms with Gasteiger partial charge in [-0.05, 0) is 49.6 Å². The average molecular weight is 360 g/mol. The summed E-state index contributed by atoms with van der Waals surface area (Å²) < 4.78 is 19.5. The Balaban J connectivity index is 0.00000225. The van der Waals surface area contributed by atoms with Crippen LogP contribution < -0.4 is 5.32 Å². The van der Waals surface area contributed by atoms with Gasteiger partial charge >= 0.3 is 0 Å². The Morgan fingerprint density at radius 2 is 1.68 bits per heavy atom. The highest BCUT2D eigenvalue weighted by molar-refractivity contribution is 5.85. The van der Waals surface area contributed by atoms with E-state index < -0.39 is 0 Å². The molecule has 0 aliphatic heterocycles. The summed E-state index contributed by atoms with van der Waals surface area (Å²) in [6.07, 6.45) is 2.11. The van der Waals surface area contributed by atoms with Crippen molar-refractivity contribution < 1.29 is 8.81 Å². The molecule has 0 fully saturated rings. The zero-order valence-corrected chi connectivity index (χ0v) is 15.1. The lowest BCUT2D eigenvalue weighted by molar-refractivity contribution is 0.448. The van der Waals surface area contributed by atoms with E-state index in [4.69, 9.17) is 4.42 Å². The van der Waals surface area contributed by atoms with Gasteiger partial charge in [0.05, 0.1) is 12.1 Å². The molecule has 0 spiro atoms. The van der Waals surface area contributed by atoms with Gasteiger partial charge in [0.1, 0.15) is 17.3 Å². The monoisotopic (exact) mass is 359 g/mol. The van der Waals surface area contributed by atoms with E-state index in [1.165, 1.54) is 11.6 Å². The Labute approximate surface area is 154 Å². The van der Waals surface area contributed by atoms with Crippen molar-refractivity contribution in [3.05, 3.63) is 83.9 Å². The lowest BCUT2D eigenvalue weighted by Gasteiger charge is -2.12. The third kappa shape index (κ3) is 5.45. The molecule has 0 aliphatic rings. The van der Waals surface area contributed by atoms with Crippen LogP contribution >= 0.6 is 12.4 Å². The van der Waals surface area contributed by atoms with Crippen molar-refractivity contribution in [2.75, 3.05) is 0 Å². The number of benzene rings is 2. The van der Waals surface area contributed by atoms with E-state index >= 15 is 0 Å². The summed E-state index contributed by atoms with van der Waals surface area (Å²) in [7, 11) is 0. The van der Waals surface area contributed by atoms with Crippen LogP contribution in [0.4, 0.5) is 4.39 Å². The van der Waals surface area contributed by atoms with Crippen LogP contribution in [0.2, 0.25) is 0 Å². The molecule has 3 aromatic rings. The van der Waals surface area contributed by atoms with Gasteiger partial charge < -0.3 is 9.73 Å². The molecule has 0 amide bonds. The van der Waals surface area contributed by atoms with Gasteiger partial charge in [0.25, 0.3) is 0 Å². The second-order valence-electron chi connectivity index (χ2n) is 6.05. The molecule has 1 aromatic heterocycles. The summed E-state index contributed by atoms with van der Waals surface area (Å²) in [5.41, 5.74) is 1.85. The Bertz CT molecular complexity index is 772. The van der Waals surface area contributed by atoms with Crippen molar-refractivity contribution in [2.24, 2.45) is 0 Å². The third-order valence-corrected chi connectivity index (χ3v) is 4.13. The van der Waals surface area contributed by atoms with E-state index in [2.05, 4.69) is 36.5 Å². The van der Waals surface area contributed by atoms with Gasteiger partial charge in [-0.2, -0.15) is 0 Å². The molecule has 132 valence electrons. The number of aryl methyl sites for hydroxylation is 1. The molecule has 0 radical (unpaired) electrons. The first-order chi connectivity index (χ1) is 11.7. The van der Waals surface area contributed by atoms with E-state index in [0.717, 1.165) is 18.6 Å². The fraction of sp³-hybridized carbons (Fsp3) is 0.238. The van der Waals surface area contributed by atoms with Gasteiger partial charge in [0, 0.05) is 6.04 Å². The summed E-state index contributed by atoms with van der Waals surface area (Å²) in [5, 5.41) is 3.46. The molecule has 1 atom stereocenters. The quantitative estimate of drug-likeness (QED) is 0.592. The normalized spacial score (nSPS) is 11.8. The molecule has 0 aliphatic carbocycles. The van der Waals surface area contributed by atoms with Crippen molar-refractivity contribution in [3.8, 4) is 11.3 Å². The third-order valence-electron chi connectivity index (χ3n) is 4.13. The molecular weight excluding hydrogens is 337 g/mol. The van der Waals surface area contributed by atoms with Crippen molar-refractivity contribution >= 4 is 12.4 Å². The van der Waals surface area contributed by atoms with E-state index in [1.54, 1.807) is 12.1 Å². The molecule has 1 unspecified atom stereocenters. The number of rotatable bonds is 7. The van der Waals surface area contributed by atoms with Crippen LogP contribution in [0.3, 0.4) is 0 Å². The van der Waals surface area contributed by atoms with Crippen LogP contribution in [0.5, 0.6) is 0 Å². The van der Waals surface area contributed by atoms with E-state index in [0.29, 0.717) is 23.9 Å². The van der Waals surface area contributed by atoms with Gasteiger partial charge in [-0.25, -0.2) is 4.39 Å². The van der Waals surface area contributed by atoms with Gasteiger partial charge in [-0.3, -0.25) is 0 Å². The number of halogens is 2. The van der Waals surface area contributed by atoms with Crippen molar-refractivity contribution in [3.63, 3.8) is 0 Å². The Hall–Kier alpha value is -2.10. The smallest absolute Gasteiger partial charge is 0.137 e. The van der Waals surface area contributed by atoms with Crippen LogP contribution in [0.25, 0.3) is 11.3 Å². The highest BCUT2D eigenvalue weighted by Crippen LogP contribution is 2.24. The first-order valence-corrected chi connectivity index (χ1v) is 8.33. The minimum Gasteiger partial charge on any atom is -0.460 e. The molecule has 2 nitrogen and oxygen atoms in total. The minimum atomic E-state index is -0.261. The molecule has 25 heavy (non-hydrogen) atoms. The maximum atomic E-state index is 13.8. The predicted octanol–water partition coefficient (Wildman–Crippen LogP) is 5.62. The number of hydrogen-bond acceptors (Lipinski definition) is 2. The van der Waals surface area contributed by atoms with Gasteiger partial charge in [-0.15, -0.1) is 12.4 Å². The Morgan fingerprint density at radius 1 is 0.960 bits per heavy atom. The lowest BCUT2D eigenvalue weighted by atomic mass is 10.1. The highest BCUT2D eigenvalue weighted by Gasteiger charge is 2.10. The zero-order valence-electron chi connectivity index (χ0n) is 14.2. The lowest BCUT2D eigenvalue weighted by Crippen LogP contribution is -2.25. The van der Waals surface area contributed by atoms with Gasteiger partial charge in [0.15, 0.2) is 0 Å². The average Bonchev–Trinajstić information content (AvgIpc) is 3.08. The Kier molecular flexibility index (Phi) is 7.23. The number of nitrogens with one attached hydrogen (secondary N) is 1. The first-order valence-electron chi connectivity index (χ1n) is 8.33. The molecule has 0 bridgehead atoms. The summed E-state index contributed by atoms with van der Waals surface area (Å²) >= 11 is 0. The number of furan rings is 1. The topological polar surface area (TPSA) is 25.2 Å². The predicted molar refractivity (Wildman–Crippen MR) is 102 cm³/mol. The summed E-state index contributed by atoms with van der Waals surface area (Å²) in [4.78, 5) is 0. The van der Waals surface area contributed by atoms with Gasteiger partial charge in [-0.1, -0.05) is 42.5 Å². The fourth-order valence-corrected chi connectivity index (χ4v) is 2.68. The molecule has 0 saturated heterocycles. The van der Waals surface area contributed by atoms with E-state index in [1.807, 2.05) is 24.3 Å². The largest absolute Gasteiger partial charge is 0.460 e. The molecule has 1 N–H and O–H groups in total. The molecule has 0 saturated carbocycles. The molecule has 1 heterocycles. The molecule has 4 heteroatoms. The van der Waals surface area contributed by atoms with Crippen LogP contribution in [-0.2, 0) is 13.0 Å². The van der Waals surface area contributed by atoms with Crippen LogP contribution in [-0.4, -0.2) is 6.04 Å². The summed E-state index contributed by atoms with van der Waals surface area (Å²) in [6.45, 7) is 2.81. The maximum absolute atomic E-state index is 13.8. The van der Waals surface area contributed by atoms with Gasteiger partial charge in [0.2, 0.25) is 0 Å². The van der Waals surface area contributed by atoms with Crippen molar-refractivity contribution in [2.45, 2.75) is 32.4 Å². The number of hydrogen-bond donors (Lipinski definition) is 1. The van der Waals surface area contributed by atoms with Crippen molar-refractivity contribution in [1.29, 1.82) is 0 Å². The van der Waals surface area contributed by atoms with Crippen LogP contribution in [0.1, 0.15) is 24.7 Å². The zero-order chi connectivity index (χ0) is 16.8. The van der Waals surface area contributed by atoms with Crippen LogP contribution in [0, 0.1) is 5.82 Å². The maximum Gasteiger partial charge on any atom is 0.137 e. The summed E-state index contributed by atoms with van der Waals surface area (Å²) in [5.74, 6) is 1.13. The second kappa shape index (κ2) is 9.40. The van der Waals surface area contributed by atoms with Crippen LogP contribution in [0.15, 0.2) is 71.1 Å². The fourth-order valence-electron chi connectivity index (χ4n) is 2.68. The molecular formula is C21H23ClFNO.